The van der Waals surface area contributed by atoms with Gasteiger partial charge in [-0.2, -0.15) is 5.26 Å². The van der Waals surface area contributed by atoms with Crippen LogP contribution >= 0.6 is 11.3 Å². The number of anilines is 1. The molecule has 1 aromatic rings. The second-order valence-electron chi connectivity index (χ2n) is 5.29. The van der Waals surface area contributed by atoms with Crippen LogP contribution in [0.15, 0.2) is 12.2 Å². The number of amides is 1. The fraction of sp³-hybridized carbons (Fsp3) is 0.438. The van der Waals surface area contributed by atoms with Gasteiger partial charge in [0.25, 0.3) is 0 Å². The van der Waals surface area contributed by atoms with Gasteiger partial charge in [-0.1, -0.05) is 19.1 Å². The molecule has 1 aliphatic carbocycles. The summed E-state index contributed by atoms with van der Waals surface area (Å²) in [6.45, 7) is 3.89. The van der Waals surface area contributed by atoms with E-state index in [-0.39, 0.29) is 5.91 Å². The fourth-order valence-corrected chi connectivity index (χ4v) is 3.89. The normalized spacial score (nSPS) is 20.4. The third-order valence-corrected chi connectivity index (χ3v) is 5.06. The van der Waals surface area contributed by atoms with E-state index >= 15 is 0 Å². The minimum absolute atomic E-state index is 0.322. The largest absolute Gasteiger partial charge is 0.481 e. The predicted octanol–water partition coefficient (Wildman–Crippen LogP) is 3.10. The molecule has 0 bridgehead atoms. The summed E-state index contributed by atoms with van der Waals surface area (Å²) in [5.74, 6) is -2.58. The number of aryl methyl sites for hydroxylation is 1. The molecule has 1 amide bonds. The molecule has 0 spiro atoms. The highest BCUT2D eigenvalue weighted by Gasteiger charge is 2.34. The van der Waals surface area contributed by atoms with Crippen molar-refractivity contribution in [1.29, 1.82) is 5.26 Å². The molecule has 0 radical (unpaired) electrons. The molecule has 2 rings (SSSR count). The summed E-state index contributed by atoms with van der Waals surface area (Å²) in [7, 11) is 0. The Labute approximate surface area is 133 Å². The number of carbonyl (C=O) groups excluding carboxylic acids is 1. The maximum absolute atomic E-state index is 12.4. The van der Waals surface area contributed by atoms with Crippen LogP contribution in [0.1, 0.15) is 35.8 Å². The monoisotopic (exact) mass is 318 g/mol. The van der Waals surface area contributed by atoms with Gasteiger partial charge in [0.15, 0.2) is 0 Å². The van der Waals surface area contributed by atoms with Crippen LogP contribution in [-0.2, 0) is 16.0 Å². The van der Waals surface area contributed by atoms with E-state index in [0.717, 1.165) is 16.9 Å². The van der Waals surface area contributed by atoms with Gasteiger partial charge in [0, 0.05) is 4.88 Å². The van der Waals surface area contributed by atoms with E-state index in [1.165, 1.54) is 11.3 Å². The molecule has 116 valence electrons. The second kappa shape index (κ2) is 6.75. The van der Waals surface area contributed by atoms with Crippen LogP contribution in [0.5, 0.6) is 0 Å². The maximum Gasteiger partial charge on any atom is 0.307 e. The number of hydrogen-bond acceptors (Lipinski definition) is 4. The Morgan fingerprint density at radius 1 is 1.41 bits per heavy atom. The highest BCUT2D eigenvalue weighted by Crippen LogP contribution is 2.34. The average molecular weight is 318 g/mol. The molecule has 0 saturated carbocycles. The summed E-state index contributed by atoms with van der Waals surface area (Å²) in [4.78, 5) is 24.7. The third-order valence-electron chi connectivity index (χ3n) is 4.00. The molecule has 0 aliphatic heterocycles. The van der Waals surface area contributed by atoms with Crippen molar-refractivity contribution in [3.63, 3.8) is 0 Å². The molecule has 0 aromatic carbocycles. The highest BCUT2D eigenvalue weighted by molar-refractivity contribution is 7.16. The van der Waals surface area contributed by atoms with E-state index in [9.17, 15) is 20.0 Å². The van der Waals surface area contributed by atoms with Gasteiger partial charge < -0.3 is 10.4 Å². The zero-order chi connectivity index (χ0) is 16.3. The van der Waals surface area contributed by atoms with Crippen molar-refractivity contribution < 1.29 is 14.7 Å². The first-order valence-electron chi connectivity index (χ1n) is 7.20. The van der Waals surface area contributed by atoms with E-state index < -0.39 is 17.8 Å². The third kappa shape index (κ3) is 3.04. The molecule has 0 saturated heterocycles. The van der Waals surface area contributed by atoms with Gasteiger partial charge in [-0.05, 0) is 31.7 Å². The quantitative estimate of drug-likeness (QED) is 0.835. The number of carboxylic acids is 1. The van der Waals surface area contributed by atoms with Crippen LogP contribution in [0, 0.1) is 30.1 Å². The molecule has 22 heavy (non-hydrogen) atoms. The standard InChI is InChI=1S/C16H18N2O3S/c1-3-10-9(2)22-15(13(10)8-17)18-14(19)11-6-4-5-7-12(11)16(20)21/h4-5,11-12H,3,6-7H2,1-2H3,(H,18,19)(H,20,21)/t11-,12-/m0/s1. The first-order chi connectivity index (χ1) is 10.5. The van der Waals surface area contributed by atoms with Crippen LogP contribution in [-0.4, -0.2) is 17.0 Å². The molecule has 1 aliphatic rings. The number of rotatable bonds is 4. The van der Waals surface area contributed by atoms with Gasteiger partial charge in [-0.3, -0.25) is 9.59 Å². The number of hydrogen-bond donors (Lipinski definition) is 2. The summed E-state index contributed by atoms with van der Waals surface area (Å²) in [5.41, 5.74) is 1.44. The van der Waals surface area contributed by atoms with Crippen LogP contribution in [0.25, 0.3) is 0 Å². The van der Waals surface area contributed by atoms with E-state index in [2.05, 4.69) is 11.4 Å². The summed E-state index contributed by atoms with van der Waals surface area (Å²) >= 11 is 1.37. The number of allylic oxidation sites excluding steroid dienone is 2. The fourth-order valence-electron chi connectivity index (χ4n) is 2.79. The molecule has 5 nitrogen and oxygen atoms in total. The van der Waals surface area contributed by atoms with Crippen LogP contribution in [0.3, 0.4) is 0 Å². The van der Waals surface area contributed by atoms with Gasteiger partial charge in [0.05, 0.1) is 17.4 Å². The molecule has 2 atom stereocenters. The van der Waals surface area contributed by atoms with Crippen molar-refractivity contribution in [2.45, 2.75) is 33.1 Å². The lowest BCUT2D eigenvalue weighted by Gasteiger charge is -2.23. The van der Waals surface area contributed by atoms with Crippen molar-refractivity contribution in [2.24, 2.45) is 11.8 Å². The number of nitrogens with zero attached hydrogens (tertiary/aromatic N) is 1. The minimum Gasteiger partial charge on any atom is -0.481 e. The van der Waals surface area contributed by atoms with Gasteiger partial charge in [0.1, 0.15) is 11.1 Å². The van der Waals surface area contributed by atoms with Gasteiger partial charge in [-0.15, -0.1) is 11.3 Å². The lowest BCUT2D eigenvalue weighted by Crippen LogP contribution is -2.34. The molecule has 2 N–H and O–H groups in total. The lowest BCUT2D eigenvalue weighted by molar-refractivity contribution is -0.146. The molecule has 0 fully saturated rings. The predicted molar refractivity (Wildman–Crippen MR) is 84.8 cm³/mol. The van der Waals surface area contributed by atoms with Gasteiger partial charge >= 0.3 is 5.97 Å². The van der Waals surface area contributed by atoms with Gasteiger partial charge in [0.2, 0.25) is 5.91 Å². The zero-order valence-corrected chi connectivity index (χ0v) is 13.4. The number of aliphatic carboxylic acids is 1. The highest BCUT2D eigenvalue weighted by atomic mass is 32.1. The SMILES string of the molecule is CCc1c(C)sc(NC(=O)[C@H]2CC=CC[C@@H]2C(=O)O)c1C#N. The molecule has 0 unspecified atom stereocenters. The number of carbonyl (C=O) groups is 2. The van der Waals surface area contributed by atoms with E-state index in [1.807, 2.05) is 19.9 Å². The summed E-state index contributed by atoms with van der Waals surface area (Å²) < 4.78 is 0. The number of carboxylic acid groups (broad SMARTS) is 1. The van der Waals surface area contributed by atoms with Crippen molar-refractivity contribution in [3.8, 4) is 6.07 Å². The van der Waals surface area contributed by atoms with E-state index in [4.69, 9.17) is 0 Å². The minimum atomic E-state index is -0.957. The zero-order valence-electron chi connectivity index (χ0n) is 12.5. The van der Waals surface area contributed by atoms with E-state index in [0.29, 0.717) is 23.4 Å². The van der Waals surface area contributed by atoms with Crippen LogP contribution in [0.4, 0.5) is 5.00 Å². The Balaban J connectivity index is 2.24. The molecule has 1 aromatic heterocycles. The molecule has 1 heterocycles. The topological polar surface area (TPSA) is 90.2 Å². The summed E-state index contributed by atoms with van der Waals surface area (Å²) in [5, 5.41) is 21.9. The summed E-state index contributed by atoms with van der Waals surface area (Å²) in [6.07, 6.45) is 5.14. The Morgan fingerprint density at radius 3 is 2.59 bits per heavy atom. The number of thiophene rings is 1. The Bertz CT molecular complexity index is 670. The second-order valence-corrected chi connectivity index (χ2v) is 6.51. The maximum atomic E-state index is 12.4. The Hall–Kier alpha value is -2.13. The van der Waals surface area contributed by atoms with Crippen molar-refractivity contribution in [2.75, 3.05) is 5.32 Å². The van der Waals surface area contributed by atoms with Crippen LogP contribution in [0.2, 0.25) is 0 Å². The first kappa shape index (κ1) is 16.2. The average Bonchev–Trinajstić information content (AvgIpc) is 2.81. The van der Waals surface area contributed by atoms with Crippen molar-refractivity contribution in [1.82, 2.24) is 0 Å². The first-order valence-corrected chi connectivity index (χ1v) is 8.02. The lowest BCUT2D eigenvalue weighted by atomic mass is 9.82. The number of nitriles is 1. The van der Waals surface area contributed by atoms with Crippen molar-refractivity contribution in [3.05, 3.63) is 28.2 Å². The van der Waals surface area contributed by atoms with Crippen LogP contribution < -0.4 is 5.32 Å². The van der Waals surface area contributed by atoms with Crippen molar-refractivity contribution >= 4 is 28.2 Å². The molecular formula is C16H18N2O3S. The molecule has 6 heteroatoms. The molecular weight excluding hydrogens is 300 g/mol. The van der Waals surface area contributed by atoms with E-state index in [1.54, 1.807) is 6.08 Å². The Morgan fingerprint density at radius 2 is 2.05 bits per heavy atom. The Kier molecular flexibility index (Phi) is 4.99. The summed E-state index contributed by atoms with van der Waals surface area (Å²) in [6, 6.07) is 2.14. The smallest absolute Gasteiger partial charge is 0.307 e. The number of nitrogens with one attached hydrogen (secondary N) is 1. The van der Waals surface area contributed by atoms with Gasteiger partial charge in [-0.25, -0.2) is 0 Å².